The molecule has 0 aliphatic carbocycles. The normalized spacial score (nSPS) is 14.7. The van der Waals surface area contributed by atoms with Crippen LogP contribution in [0.25, 0.3) is 0 Å². The molecule has 0 aliphatic rings. The summed E-state index contributed by atoms with van der Waals surface area (Å²) in [5.74, 6) is -0.433. The fourth-order valence-corrected chi connectivity index (χ4v) is 1.14. The van der Waals surface area contributed by atoms with Gasteiger partial charge in [-0.1, -0.05) is 6.92 Å². The summed E-state index contributed by atoms with van der Waals surface area (Å²) >= 11 is 0. The average molecular weight is 225 g/mol. The van der Waals surface area contributed by atoms with Crippen LogP contribution >= 0.6 is 0 Å². The third kappa shape index (κ3) is 6.33. The first-order valence-corrected chi connectivity index (χ1v) is 4.78. The monoisotopic (exact) mass is 225 g/mol. The smallest absolute Gasteiger partial charge is 0.387 e. The van der Waals surface area contributed by atoms with E-state index in [1.54, 1.807) is 20.8 Å². The quantitative estimate of drug-likeness (QED) is 0.554. The van der Waals surface area contributed by atoms with E-state index in [1.807, 2.05) is 0 Å². The van der Waals surface area contributed by atoms with Crippen molar-refractivity contribution in [3.63, 3.8) is 0 Å². The van der Waals surface area contributed by atoms with E-state index in [0.29, 0.717) is 0 Å². The Balaban J connectivity index is 4.35. The van der Waals surface area contributed by atoms with Crippen LogP contribution < -0.4 is 5.73 Å². The second-order valence-electron chi connectivity index (χ2n) is 3.99. The number of hydrogen-bond donors (Lipinski definition) is 2. The molecule has 0 saturated heterocycles. The molecule has 0 aromatic carbocycles. The zero-order chi connectivity index (χ0) is 12.2. The second-order valence-corrected chi connectivity index (χ2v) is 3.99. The van der Waals surface area contributed by atoms with Crippen molar-refractivity contribution in [2.24, 2.45) is 11.7 Å². The molecule has 0 spiro atoms. The third-order valence-electron chi connectivity index (χ3n) is 2.15. The first-order valence-electron chi connectivity index (χ1n) is 4.78. The lowest BCUT2D eigenvalue weighted by molar-refractivity contribution is -0.150. The molecule has 0 aliphatic heterocycles. The molecule has 1 atom stereocenters. The molecule has 0 bridgehead atoms. The predicted molar refractivity (Wildman–Crippen MR) is 53.8 cm³/mol. The van der Waals surface area contributed by atoms with E-state index in [0.717, 1.165) is 0 Å². The molecular weight excluding hydrogens is 207 g/mol. The van der Waals surface area contributed by atoms with Gasteiger partial charge in [-0.05, 0) is 13.8 Å². The van der Waals surface area contributed by atoms with Gasteiger partial charge in [-0.2, -0.15) is 13.2 Å². The molecule has 0 fully saturated rings. The molecule has 0 amide bonds. The van der Waals surface area contributed by atoms with Crippen LogP contribution in [0, 0.1) is 11.3 Å². The van der Waals surface area contributed by atoms with Gasteiger partial charge in [0.2, 0.25) is 0 Å². The van der Waals surface area contributed by atoms with Crippen molar-refractivity contribution < 1.29 is 13.2 Å². The molecular formula is C9H18F3N3. The van der Waals surface area contributed by atoms with E-state index in [-0.39, 0.29) is 24.3 Å². The van der Waals surface area contributed by atoms with Crippen LogP contribution in [-0.4, -0.2) is 36.0 Å². The number of hydrogen-bond acceptors (Lipinski definition) is 2. The summed E-state index contributed by atoms with van der Waals surface area (Å²) in [6, 6.07) is -0.214. The molecule has 6 heteroatoms. The molecule has 0 aromatic heterocycles. The number of nitrogens with zero attached hydrogens (tertiary/aromatic N) is 1. The summed E-state index contributed by atoms with van der Waals surface area (Å²) in [5.41, 5.74) is 5.22. The highest BCUT2D eigenvalue weighted by Crippen LogP contribution is 2.18. The Hall–Kier alpha value is -0.780. The molecule has 3 nitrogen and oxygen atoms in total. The van der Waals surface area contributed by atoms with Crippen molar-refractivity contribution in [3.8, 4) is 0 Å². The fourth-order valence-electron chi connectivity index (χ4n) is 1.14. The van der Waals surface area contributed by atoms with Gasteiger partial charge in [-0.25, -0.2) is 0 Å². The SMILES string of the molecule is CC(CN(CC(F)(F)F)C(C)C)C(=N)N. The Labute approximate surface area is 87.9 Å². The van der Waals surface area contributed by atoms with Crippen LogP contribution in [0.4, 0.5) is 13.2 Å². The number of rotatable bonds is 5. The lowest BCUT2D eigenvalue weighted by Gasteiger charge is -2.29. The van der Waals surface area contributed by atoms with Gasteiger partial charge in [0.25, 0.3) is 0 Å². The van der Waals surface area contributed by atoms with Gasteiger partial charge in [0.15, 0.2) is 0 Å². The first kappa shape index (κ1) is 14.2. The number of nitrogens with two attached hydrogens (primary N) is 1. The molecule has 0 radical (unpaired) electrons. The summed E-state index contributed by atoms with van der Waals surface area (Å²) < 4.78 is 36.6. The maximum atomic E-state index is 12.2. The van der Waals surface area contributed by atoms with Crippen molar-refractivity contribution >= 4 is 5.84 Å². The van der Waals surface area contributed by atoms with Crippen LogP contribution in [0.15, 0.2) is 0 Å². The topological polar surface area (TPSA) is 53.1 Å². The maximum Gasteiger partial charge on any atom is 0.401 e. The summed E-state index contributed by atoms with van der Waals surface area (Å²) in [5, 5.41) is 7.14. The Morgan fingerprint density at radius 1 is 1.33 bits per heavy atom. The van der Waals surface area contributed by atoms with Gasteiger partial charge in [0, 0.05) is 18.5 Å². The van der Waals surface area contributed by atoms with Crippen molar-refractivity contribution in [3.05, 3.63) is 0 Å². The van der Waals surface area contributed by atoms with Crippen LogP contribution in [0.2, 0.25) is 0 Å². The molecule has 0 aromatic rings. The van der Waals surface area contributed by atoms with Crippen LogP contribution in [0.3, 0.4) is 0 Å². The summed E-state index contributed by atoms with van der Waals surface area (Å²) in [6.07, 6.45) is -4.21. The lowest BCUT2D eigenvalue weighted by Crippen LogP contribution is -2.43. The Morgan fingerprint density at radius 3 is 2.07 bits per heavy atom. The van der Waals surface area contributed by atoms with E-state index in [1.165, 1.54) is 4.90 Å². The van der Waals surface area contributed by atoms with Crippen LogP contribution in [-0.2, 0) is 0 Å². The Morgan fingerprint density at radius 2 is 1.80 bits per heavy atom. The molecule has 90 valence electrons. The zero-order valence-corrected chi connectivity index (χ0v) is 9.23. The van der Waals surface area contributed by atoms with Crippen molar-refractivity contribution in [2.45, 2.75) is 33.0 Å². The van der Waals surface area contributed by atoms with Crippen molar-refractivity contribution in [1.82, 2.24) is 4.90 Å². The molecule has 0 heterocycles. The molecule has 0 rings (SSSR count). The van der Waals surface area contributed by atoms with Gasteiger partial charge in [0.05, 0.1) is 12.4 Å². The molecule has 3 N–H and O–H groups in total. The highest BCUT2D eigenvalue weighted by atomic mass is 19.4. The van der Waals surface area contributed by atoms with E-state index < -0.39 is 12.7 Å². The zero-order valence-electron chi connectivity index (χ0n) is 9.23. The number of amidine groups is 1. The van der Waals surface area contributed by atoms with Gasteiger partial charge in [-0.3, -0.25) is 10.3 Å². The summed E-state index contributed by atoms with van der Waals surface area (Å²) in [7, 11) is 0. The lowest BCUT2D eigenvalue weighted by atomic mass is 10.1. The molecule has 0 saturated carbocycles. The second kappa shape index (κ2) is 5.34. The third-order valence-corrected chi connectivity index (χ3v) is 2.15. The minimum atomic E-state index is -4.21. The minimum absolute atomic E-state index is 0.0807. The predicted octanol–water partition coefficient (Wildman–Crippen LogP) is 1.83. The minimum Gasteiger partial charge on any atom is -0.387 e. The summed E-state index contributed by atoms with van der Waals surface area (Å²) in [6.45, 7) is 4.24. The number of halogens is 3. The first-order chi connectivity index (χ1) is 6.63. The van der Waals surface area contributed by atoms with Gasteiger partial charge in [-0.15, -0.1) is 0 Å². The summed E-state index contributed by atoms with van der Waals surface area (Å²) in [4.78, 5) is 1.27. The van der Waals surface area contributed by atoms with Crippen LogP contribution in [0.5, 0.6) is 0 Å². The molecule has 15 heavy (non-hydrogen) atoms. The molecule has 1 unspecified atom stereocenters. The van der Waals surface area contributed by atoms with Gasteiger partial charge in [0.1, 0.15) is 0 Å². The van der Waals surface area contributed by atoms with Gasteiger partial charge >= 0.3 is 6.18 Å². The van der Waals surface area contributed by atoms with Gasteiger partial charge < -0.3 is 5.73 Å². The maximum absolute atomic E-state index is 12.2. The van der Waals surface area contributed by atoms with E-state index in [2.05, 4.69) is 0 Å². The average Bonchev–Trinajstić information content (AvgIpc) is 1.99. The standard InChI is InChI=1S/C9H18F3N3/c1-6(2)15(5-9(10,11)12)4-7(3)8(13)14/h6-7H,4-5H2,1-3H3,(H3,13,14). The highest BCUT2D eigenvalue weighted by molar-refractivity contribution is 5.79. The van der Waals surface area contributed by atoms with Crippen molar-refractivity contribution in [2.75, 3.05) is 13.1 Å². The number of nitrogens with one attached hydrogen (secondary N) is 1. The van der Waals surface area contributed by atoms with Crippen molar-refractivity contribution in [1.29, 1.82) is 5.41 Å². The Kier molecular flexibility index (Phi) is 5.07. The van der Waals surface area contributed by atoms with Crippen LogP contribution in [0.1, 0.15) is 20.8 Å². The van der Waals surface area contributed by atoms with E-state index in [4.69, 9.17) is 11.1 Å². The largest absolute Gasteiger partial charge is 0.401 e. The highest BCUT2D eigenvalue weighted by Gasteiger charge is 2.32. The van der Waals surface area contributed by atoms with E-state index >= 15 is 0 Å². The fraction of sp³-hybridized carbons (Fsp3) is 0.889. The Bertz CT molecular complexity index is 213. The van der Waals surface area contributed by atoms with E-state index in [9.17, 15) is 13.2 Å². The number of alkyl halides is 3.